The van der Waals surface area contributed by atoms with Gasteiger partial charge in [-0.05, 0) is 36.1 Å². The normalized spacial score (nSPS) is 25.5. The first-order valence-corrected chi connectivity index (χ1v) is 10.3. The number of nitrogens with zero attached hydrogens (tertiary/aromatic N) is 2. The van der Waals surface area contributed by atoms with E-state index >= 15 is 0 Å². The summed E-state index contributed by atoms with van der Waals surface area (Å²) in [4.78, 5) is 4.98. The van der Waals surface area contributed by atoms with Crippen LogP contribution in [0.15, 0.2) is 52.7 Å². The Kier molecular flexibility index (Phi) is 4.38. The van der Waals surface area contributed by atoms with Gasteiger partial charge in [0.15, 0.2) is 0 Å². The molecule has 1 spiro atoms. The minimum Gasteiger partial charge on any atom is -0.272 e. The highest BCUT2D eigenvalue weighted by Crippen LogP contribution is 2.47. The lowest BCUT2D eigenvalue weighted by molar-refractivity contribution is 0.515. The molecule has 0 N–H and O–H groups in total. The van der Waals surface area contributed by atoms with Crippen LogP contribution < -0.4 is 0 Å². The van der Waals surface area contributed by atoms with Gasteiger partial charge in [0.05, 0.1) is 12.0 Å². The van der Waals surface area contributed by atoms with Crippen LogP contribution in [0, 0.1) is 0 Å². The van der Waals surface area contributed by atoms with Crippen LogP contribution in [0.1, 0.15) is 38.7 Å². The van der Waals surface area contributed by atoms with Gasteiger partial charge in [-0.3, -0.25) is 9.30 Å². The fourth-order valence-electron chi connectivity index (χ4n) is 3.64. The summed E-state index contributed by atoms with van der Waals surface area (Å²) in [6.07, 6.45) is 7.87. The zero-order valence-corrected chi connectivity index (χ0v) is 15.3. The lowest BCUT2D eigenvalue weighted by Gasteiger charge is -2.28. The van der Waals surface area contributed by atoms with Gasteiger partial charge in [-0.1, -0.05) is 44.2 Å². The van der Waals surface area contributed by atoms with E-state index in [1.807, 2.05) is 36.4 Å². The number of hydrogen-bond acceptors (Lipinski definition) is 3. The van der Waals surface area contributed by atoms with E-state index in [2.05, 4.69) is 19.9 Å². The summed E-state index contributed by atoms with van der Waals surface area (Å²) >= 11 is 0. The van der Waals surface area contributed by atoms with Crippen LogP contribution in [0.25, 0.3) is 6.08 Å². The molecule has 1 fully saturated rings. The molecule has 2 aliphatic rings. The SMILES string of the molecule is CCC1=CC(CC)=N[C@]12CCN(S(C)(=O)=O)/C2=C/c1ccccc1. The Morgan fingerprint density at radius 3 is 2.50 bits per heavy atom. The van der Waals surface area contributed by atoms with Crippen LogP contribution in [0.3, 0.4) is 0 Å². The van der Waals surface area contributed by atoms with E-state index in [9.17, 15) is 8.42 Å². The van der Waals surface area contributed by atoms with Crippen molar-refractivity contribution in [3.05, 3.63) is 53.2 Å². The quantitative estimate of drug-likeness (QED) is 0.837. The molecule has 128 valence electrons. The molecule has 3 rings (SSSR count). The molecule has 1 aromatic rings. The maximum Gasteiger partial charge on any atom is 0.232 e. The summed E-state index contributed by atoms with van der Waals surface area (Å²) in [5.74, 6) is 0. The van der Waals surface area contributed by atoms with Gasteiger partial charge in [0.1, 0.15) is 5.54 Å². The van der Waals surface area contributed by atoms with Gasteiger partial charge in [-0.15, -0.1) is 0 Å². The van der Waals surface area contributed by atoms with Crippen LogP contribution >= 0.6 is 0 Å². The molecule has 5 heteroatoms. The average molecular weight is 344 g/mol. The lowest BCUT2D eigenvalue weighted by Crippen LogP contribution is -2.32. The predicted molar refractivity (Wildman–Crippen MR) is 99.4 cm³/mol. The van der Waals surface area contributed by atoms with Crippen LogP contribution in [0.2, 0.25) is 0 Å². The number of rotatable bonds is 4. The van der Waals surface area contributed by atoms with Gasteiger partial charge in [0.25, 0.3) is 0 Å². The molecule has 1 atom stereocenters. The van der Waals surface area contributed by atoms with E-state index in [-0.39, 0.29) is 0 Å². The molecule has 0 unspecified atom stereocenters. The van der Waals surface area contributed by atoms with Crippen molar-refractivity contribution in [1.29, 1.82) is 0 Å². The van der Waals surface area contributed by atoms with Crippen molar-refractivity contribution < 1.29 is 8.42 Å². The summed E-state index contributed by atoms with van der Waals surface area (Å²) < 4.78 is 26.2. The highest BCUT2D eigenvalue weighted by atomic mass is 32.2. The van der Waals surface area contributed by atoms with E-state index in [1.54, 1.807) is 0 Å². The van der Waals surface area contributed by atoms with Gasteiger partial charge in [0, 0.05) is 18.7 Å². The van der Waals surface area contributed by atoms with E-state index in [1.165, 1.54) is 16.1 Å². The van der Waals surface area contributed by atoms with Crippen molar-refractivity contribution in [2.24, 2.45) is 4.99 Å². The van der Waals surface area contributed by atoms with Crippen LogP contribution in [0.4, 0.5) is 0 Å². The molecule has 2 heterocycles. The predicted octanol–water partition coefficient (Wildman–Crippen LogP) is 3.63. The summed E-state index contributed by atoms with van der Waals surface area (Å²) in [6, 6.07) is 9.87. The minimum atomic E-state index is -3.32. The molecule has 0 amide bonds. The number of sulfonamides is 1. The Morgan fingerprint density at radius 2 is 1.92 bits per heavy atom. The van der Waals surface area contributed by atoms with Crippen molar-refractivity contribution in [3.8, 4) is 0 Å². The summed E-state index contributed by atoms with van der Waals surface area (Å²) in [5.41, 5.74) is 3.54. The highest BCUT2D eigenvalue weighted by Gasteiger charge is 2.49. The van der Waals surface area contributed by atoms with E-state index in [4.69, 9.17) is 4.99 Å². The van der Waals surface area contributed by atoms with E-state index in [0.717, 1.165) is 29.8 Å². The summed E-state index contributed by atoms with van der Waals surface area (Å²) in [7, 11) is -3.32. The van der Waals surface area contributed by atoms with Crippen LogP contribution in [-0.2, 0) is 10.0 Å². The molecule has 0 aromatic heterocycles. The molecule has 0 saturated carbocycles. The second-order valence-corrected chi connectivity index (χ2v) is 8.27. The Bertz CT molecular complexity index is 822. The largest absolute Gasteiger partial charge is 0.272 e. The summed E-state index contributed by atoms with van der Waals surface area (Å²) in [5, 5.41) is 0. The van der Waals surface area contributed by atoms with Crippen molar-refractivity contribution in [2.45, 2.75) is 38.6 Å². The minimum absolute atomic E-state index is 0.481. The molecular formula is C19H24N2O2S. The smallest absolute Gasteiger partial charge is 0.232 e. The highest BCUT2D eigenvalue weighted by molar-refractivity contribution is 7.88. The van der Waals surface area contributed by atoms with Crippen LogP contribution in [0.5, 0.6) is 0 Å². The van der Waals surface area contributed by atoms with Gasteiger partial charge >= 0.3 is 0 Å². The fraction of sp³-hybridized carbons (Fsp3) is 0.421. The molecule has 0 aliphatic carbocycles. The molecule has 0 bridgehead atoms. The second kappa shape index (κ2) is 6.20. The van der Waals surface area contributed by atoms with Crippen molar-refractivity contribution in [2.75, 3.05) is 12.8 Å². The maximum atomic E-state index is 12.3. The van der Waals surface area contributed by atoms with Gasteiger partial charge in [-0.2, -0.15) is 0 Å². The third-order valence-corrected chi connectivity index (χ3v) is 6.00. The molecule has 1 aromatic carbocycles. The molecule has 4 nitrogen and oxygen atoms in total. The third kappa shape index (κ3) is 2.81. The zero-order chi connectivity index (χ0) is 17.4. The number of allylic oxidation sites excluding steroid dienone is 1. The van der Waals surface area contributed by atoms with Crippen molar-refractivity contribution >= 4 is 21.8 Å². The van der Waals surface area contributed by atoms with Gasteiger partial charge in [0.2, 0.25) is 10.0 Å². The first-order chi connectivity index (χ1) is 11.4. The summed E-state index contributed by atoms with van der Waals surface area (Å²) in [6.45, 7) is 4.69. The zero-order valence-electron chi connectivity index (χ0n) is 14.5. The number of aliphatic imine (C=N–C) groups is 1. The molecule has 24 heavy (non-hydrogen) atoms. The third-order valence-electron chi connectivity index (χ3n) is 4.82. The molecule has 2 aliphatic heterocycles. The van der Waals surface area contributed by atoms with Crippen molar-refractivity contribution in [3.63, 3.8) is 0 Å². The average Bonchev–Trinajstić information content (AvgIpc) is 3.10. The Balaban J connectivity index is 2.18. The second-order valence-electron chi connectivity index (χ2n) is 6.37. The topological polar surface area (TPSA) is 49.7 Å². The maximum absolute atomic E-state index is 12.3. The molecular weight excluding hydrogens is 320 g/mol. The Morgan fingerprint density at radius 1 is 1.21 bits per heavy atom. The monoisotopic (exact) mass is 344 g/mol. The number of hydrogen-bond donors (Lipinski definition) is 0. The fourth-order valence-corrected chi connectivity index (χ4v) is 4.63. The first kappa shape index (κ1) is 17.0. The Hall–Kier alpha value is -1.88. The van der Waals surface area contributed by atoms with Gasteiger partial charge in [-0.25, -0.2) is 8.42 Å². The standard InChI is InChI=1S/C19H24N2O2S/c1-4-16-14-17(5-2)20-19(16)11-12-21(24(3,22)23)18(19)13-15-9-7-6-8-10-15/h6-10,13-14H,4-5,11-12H2,1-3H3/b18-13+/t19-/m1/s1. The molecule has 0 radical (unpaired) electrons. The van der Waals surface area contributed by atoms with Crippen LogP contribution in [-0.4, -0.2) is 36.8 Å². The molecule has 1 saturated heterocycles. The Labute approximate surface area is 144 Å². The first-order valence-electron chi connectivity index (χ1n) is 8.45. The van der Waals surface area contributed by atoms with E-state index in [0.29, 0.717) is 13.0 Å². The van der Waals surface area contributed by atoms with E-state index < -0.39 is 15.6 Å². The number of benzene rings is 1. The van der Waals surface area contributed by atoms with Gasteiger partial charge < -0.3 is 0 Å². The lowest BCUT2D eigenvalue weighted by atomic mass is 9.85. The van der Waals surface area contributed by atoms with Crippen molar-refractivity contribution in [1.82, 2.24) is 4.31 Å².